The second-order valence-electron chi connectivity index (χ2n) is 8.38. The Labute approximate surface area is 210 Å². The van der Waals surface area contributed by atoms with Crippen molar-refractivity contribution in [3.63, 3.8) is 0 Å². The lowest BCUT2D eigenvalue weighted by Crippen LogP contribution is -2.54. The number of rotatable bonds is 6. The highest BCUT2D eigenvalue weighted by atomic mass is 32.1. The van der Waals surface area contributed by atoms with Crippen LogP contribution in [0.15, 0.2) is 77.8 Å². The Hall–Kier alpha value is -4.50. The van der Waals surface area contributed by atoms with Crippen molar-refractivity contribution >= 4 is 57.8 Å². The molecule has 0 saturated carbocycles. The van der Waals surface area contributed by atoms with Gasteiger partial charge in [0.2, 0.25) is 5.91 Å². The molecule has 9 heteroatoms. The van der Waals surface area contributed by atoms with Crippen LogP contribution in [0.2, 0.25) is 0 Å². The average Bonchev–Trinajstić information content (AvgIpc) is 3.50. The molecule has 2 N–H and O–H groups in total. The van der Waals surface area contributed by atoms with E-state index >= 15 is 0 Å². The van der Waals surface area contributed by atoms with Gasteiger partial charge in [0.25, 0.3) is 11.8 Å². The zero-order valence-electron chi connectivity index (χ0n) is 19.4. The van der Waals surface area contributed by atoms with Gasteiger partial charge in [0.05, 0.1) is 12.2 Å². The van der Waals surface area contributed by atoms with E-state index in [-0.39, 0.29) is 18.0 Å². The fourth-order valence-corrected chi connectivity index (χ4v) is 4.72. The van der Waals surface area contributed by atoms with Crippen LogP contribution in [0.1, 0.15) is 16.0 Å². The molecule has 0 unspecified atom stereocenters. The van der Waals surface area contributed by atoms with Crippen LogP contribution in [0.3, 0.4) is 0 Å². The number of hydrogen-bond acceptors (Lipinski definition) is 5. The number of para-hydroxylation sites is 1. The summed E-state index contributed by atoms with van der Waals surface area (Å²) in [5, 5.41) is 7.89. The maximum atomic E-state index is 13.3. The minimum atomic E-state index is -0.796. The molecule has 0 aliphatic carbocycles. The lowest BCUT2D eigenvalue weighted by atomic mass is 10.1. The van der Waals surface area contributed by atoms with E-state index in [1.165, 1.54) is 6.08 Å². The minimum absolute atomic E-state index is 0.0726. The summed E-state index contributed by atoms with van der Waals surface area (Å²) < 4.78 is 1.78. The number of thiophene rings is 1. The number of nitrogens with one attached hydrogen (secondary N) is 2. The monoisotopic (exact) mass is 498 g/mol. The molecule has 0 radical (unpaired) electrons. The number of barbiturate groups is 1. The summed E-state index contributed by atoms with van der Waals surface area (Å²) in [4.78, 5) is 53.0. The molecule has 1 aliphatic heterocycles. The maximum absolute atomic E-state index is 13.3. The summed E-state index contributed by atoms with van der Waals surface area (Å²) >= 11 is 1.57. The molecule has 0 bridgehead atoms. The number of carbonyl (C=O) groups is 4. The first-order valence-corrected chi connectivity index (χ1v) is 12.1. The molecule has 8 nitrogen and oxygen atoms in total. The molecule has 5 rings (SSSR count). The third kappa shape index (κ3) is 4.56. The Morgan fingerprint density at radius 1 is 1.03 bits per heavy atom. The number of carbonyl (C=O) groups excluding carboxylic acids is 4. The highest BCUT2D eigenvalue weighted by Crippen LogP contribution is 2.27. The molecule has 1 aliphatic rings. The smallest absolute Gasteiger partial charge is 0.335 e. The predicted octanol–water partition coefficient (Wildman–Crippen LogP) is 3.99. The van der Waals surface area contributed by atoms with Crippen LogP contribution >= 0.6 is 11.3 Å². The Morgan fingerprint density at radius 3 is 2.56 bits per heavy atom. The van der Waals surface area contributed by atoms with Gasteiger partial charge in [-0.15, -0.1) is 11.3 Å². The molecule has 0 spiro atoms. The van der Waals surface area contributed by atoms with E-state index < -0.39 is 17.8 Å². The number of aryl methyl sites for hydroxylation is 1. The fourth-order valence-electron chi connectivity index (χ4n) is 4.07. The molecule has 1 fully saturated rings. The Balaban J connectivity index is 1.45. The first-order chi connectivity index (χ1) is 17.4. The van der Waals surface area contributed by atoms with Gasteiger partial charge in [0, 0.05) is 27.5 Å². The summed E-state index contributed by atoms with van der Waals surface area (Å²) in [5.41, 5.74) is 2.55. The molecule has 180 valence electrons. The molecule has 3 heterocycles. The molecule has 2 aromatic heterocycles. The minimum Gasteiger partial charge on any atom is -0.350 e. The molecule has 4 aromatic rings. The van der Waals surface area contributed by atoms with E-state index in [2.05, 4.69) is 10.6 Å². The van der Waals surface area contributed by atoms with E-state index in [0.717, 1.165) is 26.2 Å². The van der Waals surface area contributed by atoms with Crippen molar-refractivity contribution in [3.8, 4) is 0 Å². The lowest BCUT2D eigenvalue weighted by molar-refractivity contribution is -0.123. The summed E-state index contributed by atoms with van der Waals surface area (Å²) in [6, 6.07) is 17.4. The van der Waals surface area contributed by atoms with Gasteiger partial charge in [0.1, 0.15) is 12.1 Å². The molecule has 0 atom stereocenters. The van der Waals surface area contributed by atoms with Gasteiger partial charge in [-0.3, -0.25) is 19.7 Å². The lowest BCUT2D eigenvalue weighted by Gasteiger charge is -2.26. The number of aromatic nitrogens is 1. The maximum Gasteiger partial charge on any atom is 0.335 e. The van der Waals surface area contributed by atoms with Crippen molar-refractivity contribution < 1.29 is 19.2 Å². The number of imide groups is 2. The molecular weight excluding hydrogens is 476 g/mol. The molecule has 1 saturated heterocycles. The Morgan fingerprint density at radius 2 is 1.81 bits per heavy atom. The van der Waals surface area contributed by atoms with Gasteiger partial charge in [0.15, 0.2) is 0 Å². The van der Waals surface area contributed by atoms with Crippen molar-refractivity contribution in [2.24, 2.45) is 0 Å². The van der Waals surface area contributed by atoms with Crippen LogP contribution in [0.4, 0.5) is 10.5 Å². The van der Waals surface area contributed by atoms with E-state index in [4.69, 9.17) is 0 Å². The normalized spacial score (nSPS) is 15.0. The molecular formula is C27H22N4O4S. The third-order valence-corrected chi connectivity index (χ3v) is 6.74. The molecule has 36 heavy (non-hydrogen) atoms. The average molecular weight is 499 g/mol. The fraction of sp³-hybridized carbons (Fsp3) is 0.111. The van der Waals surface area contributed by atoms with Crippen molar-refractivity contribution in [3.05, 3.63) is 93.8 Å². The zero-order valence-corrected chi connectivity index (χ0v) is 20.2. The van der Waals surface area contributed by atoms with Crippen LogP contribution in [0.25, 0.3) is 17.0 Å². The quantitative estimate of drug-likeness (QED) is 0.310. The van der Waals surface area contributed by atoms with Crippen LogP contribution in [0.5, 0.6) is 0 Å². The van der Waals surface area contributed by atoms with Gasteiger partial charge in [-0.2, -0.15) is 0 Å². The topological polar surface area (TPSA) is 101 Å². The summed E-state index contributed by atoms with van der Waals surface area (Å²) in [7, 11) is 0. The zero-order chi connectivity index (χ0) is 25.2. The number of anilines is 1. The number of hydrogen-bond donors (Lipinski definition) is 2. The third-order valence-electron chi connectivity index (χ3n) is 5.87. The number of nitrogens with zero attached hydrogens (tertiary/aromatic N) is 2. The van der Waals surface area contributed by atoms with Gasteiger partial charge >= 0.3 is 6.03 Å². The highest BCUT2D eigenvalue weighted by molar-refractivity contribution is 7.09. The van der Waals surface area contributed by atoms with Gasteiger partial charge in [-0.1, -0.05) is 42.0 Å². The van der Waals surface area contributed by atoms with Crippen molar-refractivity contribution in [2.75, 3.05) is 4.90 Å². The van der Waals surface area contributed by atoms with Crippen molar-refractivity contribution in [1.29, 1.82) is 0 Å². The Bertz CT molecular complexity index is 1520. The summed E-state index contributed by atoms with van der Waals surface area (Å²) in [5.74, 6) is -1.64. The number of urea groups is 1. The summed E-state index contributed by atoms with van der Waals surface area (Å²) in [6.07, 6.45) is 3.20. The standard InChI is InChI=1S/C27H22N4O4S/c1-17-8-10-19(11-9-17)31-26(34)22(25(33)29-27(31)35)13-18-15-30(23-7-3-2-6-21(18)23)16-24(32)28-14-20-5-4-12-36-20/h2-13,15H,14,16H2,1H3,(H,28,32)(H,29,33,35)/b22-13+. The van der Waals surface area contributed by atoms with E-state index in [1.54, 1.807) is 46.4 Å². The first-order valence-electron chi connectivity index (χ1n) is 11.3. The highest BCUT2D eigenvalue weighted by Gasteiger charge is 2.37. The van der Waals surface area contributed by atoms with E-state index in [0.29, 0.717) is 17.8 Å². The van der Waals surface area contributed by atoms with Gasteiger partial charge in [-0.25, -0.2) is 9.69 Å². The number of fused-ring (bicyclic) bond motifs is 1. The number of amides is 5. The Kier molecular flexibility index (Phi) is 6.22. The molecule has 2 aromatic carbocycles. The van der Waals surface area contributed by atoms with Crippen LogP contribution < -0.4 is 15.5 Å². The van der Waals surface area contributed by atoms with Crippen LogP contribution in [0, 0.1) is 6.92 Å². The largest absolute Gasteiger partial charge is 0.350 e. The second kappa shape index (κ2) is 9.63. The van der Waals surface area contributed by atoms with E-state index in [1.807, 2.05) is 48.7 Å². The molecule has 5 amide bonds. The summed E-state index contributed by atoms with van der Waals surface area (Å²) in [6.45, 7) is 2.42. The van der Waals surface area contributed by atoms with Crippen LogP contribution in [-0.4, -0.2) is 28.3 Å². The predicted molar refractivity (Wildman–Crippen MR) is 138 cm³/mol. The second-order valence-corrected chi connectivity index (χ2v) is 9.41. The SMILES string of the molecule is Cc1ccc(N2C(=O)NC(=O)/C(=C\c3cn(CC(=O)NCc4cccs4)c4ccccc34)C2=O)cc1. The van der Waals surface area contributed by atoms with Crippen molar-refractivity contribution in [2.45, 2.75) is 20.0 Å². The van der Waals surface area contributed by atoms with Crippen molar-refractivity contribution in [1.82, 2.24) is 15.2 Å². The first kappa shape index (κ1) is 23.3. The number of benzene rings is 2. The van der Waals surface area contributed by atoms with Gasteiger partial charge < -0.3 is 9.88 Å². The van der Waals surface area contributed by atoms with Gasteiger partial charge in [-0.05, 0) is 42.6 Å². The van der Waals surface area contributed by atoms with Crippen LogP contribution in [-0.2, 0) is 27.5 Å². The van der Waals surface area contributed by atoms with E-state index in [9.17, 15) is 19.2 Å².